The molecule has 2 aromatic rings. The van der Waals surface area contributed by atoms with Gasteiger partial charge in [0.1, 0.15) is 0 Å². The average Bonchev–Trinajstić information content (AvgIpc) is 2.33. The number of benzene rings is 1. The Labute approximate surface area is 118 Å². The van der Waals surface area contributed by atoms with Crippen molar-refractivity contribution in [2.75, 3.05) is 19.0 Å². The standard InChI is InChI=1S/C14H17ClN4/c1-8-6-10(3)11(7-9(8)2)12-16-13(15)18-14(17-12)19(4)5/h6-7H,1-5H3. The fourth-order valence-corrected chi connectivity index (χ4v) is 2.02. The van der Waals surface area contributed by atoms with E-state index in [1.165, 1.54) is 11.1 Å². The van der Waals surface area contributed by atoms with Crippen LogP contribution >= 0.6 is 11.6 Å². The van der Waals surface area contributed by atoms with Crippen LogP contribution in [0.1, 0.15) is 16.7 Å². The molecule has 1 aromatic heterocycles. The molecule has 19 heavy (non-hydrogen) atoms. The van der Waals surface area contributed by atoms with Crippen molar-refractivity contribution in [1.82, 2.24) is 15.0 Å². The van der Waals surface area contributed by atoms with Gasteiger partial charge in [0.05, 0.1) is 0 Å². The predicted octanol–water partition coefficient (Wildman–Crippen LogP) is 3.18. The molecule has 0 fully saturated rings. The van der Waals surface area contributed by atoms with E-state index in [1.807, 2.05) is 19.0 Å². The zero-order valence-corrected chi connectivity index (χ0v) is 12.6. The second-order valence-electron chi connectivity index (χ2n) is 4.87. The second kappa shape index (κ2) is 5.13. The van der Waals surface area contributed by atoms with Gasteiger partial charge in [-0.2, -0.15) is 15.0 Å². The first-order valence-electron chi connectivity index (χ1n) is 6.05. The van der Waals surface area contributed by atoms with Crippen LogP contribution in [0.4, 0.5) is 5.95 Å². The molecule has 100 valence electrons. The maximum atomic E-state index is 5.98. The molecular formula is C14H17ClN4. The van der Waals surface area contributed by atoms with Crippen LogP contribution in [0.25, 0.3) is 11.4 Å². The highest BCUT2D eigenvalue weighted by atomic mass is 35.5. The molecule has 0 N–H and O–H groups in total. The molecule has 2 rings (SSSR count). The van der Waals surface area contributed by atoms with Crippen LogP contribution in [0.5, 0.6) is 0 Å². The van der Waals surface area contributed by atoms with Gasteiger partial charge in [-0.3, -0.25) is 0 Å². The van der Waals surface area contributed by atoms with E-state index in [2.05, 4.69) is 47.9 Å². The van der Waals surface area contributed by atoms with E-state index < -0.39 is 0 Å². The van der Waals surface area contributed by atoms with Crippen LogP contribution in [0.15, 0.2) is 12.1 Å². The highest BCUT2D eigenvalue weighted by Crippen LogP contribution is 2.25. The number of rotatable bonds is 2. The normalized spacial score (nSPS) is 10.6. The molecule has 0 unspecified atom stereocenters. The van der Waals surface area contributed by atoms with Gasteiger partial charge in [0.2, 0.25) is 11.2 Å². The maximum absolute atomic E-state index is 5.98. The predicted molar refractivity (Wildman–Crippen MR) is 78.8 cm³/mol. The third-order valence-electron chi connectivity index (χ3n) is 3.08. The van der Waals surface area contributed by atoms with Crippen molar-refractivity contribution in [2.24, 2.45) is 0 Å². The van der Waals surface area contributed by atoms with E-state index >= 15 is 0 Å². The number of aromatic nitrogens is 3. The molecule has 1 aromatic carbocycles. The molecule has 0 spiro atoms. The summed E-state index contributed by atoms with van der Waals surface area (Å²) >= 11 is 5.98. The van der Waals surface area contributed by atoms with Crippen LogP contribution in [-0.4, -0.2) is 29.0 Å². The lowest BCUT2D eigenvalue weighted by atomic mass is 10.0. The Balaban J connectivity index is 2.62. The third kappa shape index (κ3) is 2.84. The molecule has 0 aliphatic rings. The molecule has 0 saturated carbocycles. The molecule has 0 aliphatic heterocycles. The van der Waals surface area contributed by atoms with Gasteiger partial charge in [-0.25, -0.2) is 0 Å². The van der Waals surface area contributed by atoms with E-state index in [4.69, 9.17) is 11.6 Å². The van der Waals surface area contributed by atoms with Gasteiger partial charge >= 0.3 is 0 Å². The van der Waals surface area contributed by atoms with Gasteiger partial charge in [0.15, 0.2) is 5.82 Å². The minimum Gasteiger partial charge on any atom is -0.347 e. The quantitative estimate of drug-likeness (QED) is 0.845. The number of halogens is 1. The number of anilines is 1. The smallest absolute Gasteiger partial charge is 0.229 e. The van der Waals surface area contributed by atoms with Gasteiger partial charge in [-0.1, -0.05) is 6.07 Å². The zero-order valence-electron chi connectivity index (χ0n) is 11.8. The Morgan fingerprint density at radius 2 is 1.53 bits per heavy atom. The molecule has 1 heterocycles. The lowest BCUT2D eigenvalue weighted by Gasteiger charge is -2.13. The van der Waals surface area contributed by atoms with Crippen molar-refractivity contribution >= 4 is 17.5 Å². The lowest BCUT2D eigenvalue weighted by Crippen LogP contribution is -2.14. The van der Waals surface area contributed by atoms with Crippen molar-refractivity contribution in [2.45, 2.75) is 20.8 Å². The van der Waals surface area contributed by atoms with Gasteiger partial charge in [-0.05, 0) is 55.1 Å². The third-order valence-corrected chi connectivity index (χ3v) is 3.25. The fourth-order valence-electron chi connectivity index (χ4n) is 1.86. The molecule has 0 atom stereocenters. The minimum atomic E-state index is 0.214. The molecule has 4 nitrogen and oxygen atoms in total. The number of nitrogens with zero attached hydrogens (tertiary/aromatic N) is 4. The Kier molecular flexibility index (Phi) is 3.71. The van der Waals surface area contributed by atoms with E-state index in [0.29, 0.717) is 11.8 Å². The summed E-state index contributed by atoms with van der Waals surface area (Å²) in [4.78, 5) is 14.6. The summed E-state index contributed by atoms with van der Waals surface area (Å²) in [6.45, 7) is 6.22. The first-order valence-corrected chi connectivity index (χ1v) is 6.43. The molecule has 0 radical (unpaired) electrons. The SMILES string of the molecule is Cc1cc(C)c(-c2nc(Cl)nc(N(C)C)n2)cc1C. The van der Waals surface area contributed by atoms with Crippen LogP contribution in [0.2, 0.25) is 5.28 Å². The van der Waals surface area contributed by atoms with Crippen molar-refractivity contribution in [1.29, 1.82) is 0 Å². The number of hydrogen-bond donors (Lipinski definition) is 0. The molecule has 0 aliphatic carbocycles. The lowest BCUT2D eigenvalue weighted by molar-refractivity contribution is 0.960. The highest BCUT2D eigenvalue weighted by molar-refractivity contribution is 6.28. The van der Waals surface area contributed by atoms with Crippen molar-refractivity contribution in [3.8, 4) is 11.4 Å². The van der Waals surface area contributed by atoms with Crippen LogP contribution in [0.3, 0.4) is 0 Å². The first-order chi connectivity index (χ1) is 8.88. The summed E-state index contributed by atoms with van der Waals surface area (Å²) in [6.07, 6.45) is 0. The summed E-state index contributed by atoms with van der Waals surface area (Å²) in [5.74, 6) is 1.18. The first kappa shape index (κ1) is 13.7. The fraction of sp³-hybridized carbons (Fsp3) is 0.357. The van der Waals surface area contributed by atoms with Gasteiger partial charge in [0.25, 0.3) is 0 Å². The molecule has 0 amide bonds. The van der Waals surface area contributed by atoms with Crippen molar-refractivity contribution < 1.29 is 0 Å². The summed E-state index contributed by atoms with van der Waals surface area (Å²) in [5, 5.41) is 0.214. The Bertz CT molecular complexity index is 623. The summed E-state index contributed by atoms with van der Waals surface area (Å²) in [5.41, 5.74) is 4.60. The van der Waals surface area contributed by atoms with Gasteiger partial charge < -0.3 is 4.90 Å². The van der Waals surface area contributed by atoms with Crippen LogP contribution in [0, 0.1) is 20.8 Å². The summed E-state index contributed by atoms with van der Waals surface area (Å²) < 4.78 is 0. The topological polar surface area (TPSA) is 41.9 Å². The van der Waals surface area contributed by atoms with E-state index in [-0.39, 0.29) is 5.28 Å². The van der Waals surface area contributed by atoms with E-state index in [0.717, 1.165) is 11.1 Å². The number of hydrogen-bond acceptors (Lipinski definition) is 4. The Hall–Kier alpha value is -1.68. The monoisotopic (exact) mass is 276 g/mol. The van der Waals surface area contributed by atoms with Gasteiger partial charge in [0, 0.05) is 19.7 Å². The zero-order chi connectivity index (χ0) is 14.2. The average molecular weight is 277 g/mol. The summed E-state index contributed by atoms with van der Waals surface area (Å²) in [6, 6.07) is 4.23. The Morgan fingerprint density at radius 3 is 2.16 bits per heavy atom. The minimum absolute atomic E-state index is 0.214. The van der Waals surface area contributed by atoms with Gasteiger partial charge in [-0.15, -0.1) is 0 Å². The molecule has 0 saturated heterocycles. The maximum Gasteiger partial charge on any atom is 0.229 e. The van der Waals surface area contributed by atoms with Crippen molar-refractivity contribution in [3.05, 3.63) is 34.1 Å². The largest absolute Gasteiger partial charge is 0.347 e. The molecule has 0 bridgehead atoms. The van der Waals surface area contributed by atoms with Crippen molar-refractivity contribution in [3.63, 3.8) is 0 Å². The Morgan fingerprint density at radius 1 is 0.895 bits per heavy atom. The highest BCUT2D eigenvalue weighted by Gasteiger charge is 2.11. The molecular weight excluding hydrogens is 260 g/mol. The van der Waals surface area contributed by atoms with Crippen LogP contribution < -0.4 is 4.90 Å². The summed E-state index contributed by atoms with van der Waals surface area (Å²) in [7, 11) is 3.76. The molecule has 5 heteroatoms. The van der Waals surface area contributed by atoms with E-state index in [9.17, 15) is 0 Å². The van der Waals surface area contributed by atoms with E-state index in [1.54, 1.807) is 0 Å². The van der Waals surface area contributed by atoms with Crippen LogP contribution in [-0.2, 0) is 0 Å². The number of aryl methyl sites for hydroxylation is 3. The second-order valence-corrected chi connectivity index (χ2v) is 5.21.